The van der Waals surface area contributed by atoms with Crippen molar-refractivity contribution in [1.82, 2.24) is 35.1 Å². The number of carbonyl (C=O) groups is 3. The maximum atomic E-state index is 13.7. The van der Waals surface area contributed by atoms with Gasteiger partial charge in [-0.25, -0.2) is 19.6 Å². The Morgan fingerprint density at radius 2 is 1.51 bits per heavy atom. The van der Waals surface area contributed by atoms with E-state index in [1.54, 1.807) is 16.0 Å². The Bertz CT molecular complexity index is 2010. The number of nitrogens with one attached hydrogen (secondary N) is 3. The quantitative estimate of drug-likeness (QED) is 0.193. The van der Waals surface area contributed by atoms with Gasteiger partial charge in [0, 0.05) is 18.7 Å². The van der Waals surface area contributed by atoms with Crippen LogP contribution in [0.25, 0.3) is 33.6 Å². The molecule has 14 heteroatoms. The van der Waals surface area contributed by atoms with E-state index >= 15 is 0 Å². The van der Waals surface area contributed by atoms with Gasteiger partial charge in [0.15, 0.2) is 0 Å². The largest absolute Gasteiger partial charge is 0.453 e. The molecular formula is C41H49N7O7. The van der Waals surface area contributed by atoms with Gasteiger partial charge in [0.2, 0.25) is 5.91 Å². The van der Waals surface area contributed by atoms with E-state index in [1.165, 1.54) is 7.11 Å². The van der Waals surface area contributed by atoms with E-state index in [0.29, 0.717) is 32.1 Å². The van der Waals surface area contributed by atoms with Crippen LogP contribution in [-0.4, -0.2) is 99.5 Å². The molecule has 2 fully saturated rings. The number of benzene rings is 2. The highest BCUT2D eigenvalue weighted by Gasteiger charge is 2.37. The van der Waals surface area contributed by atoms with Gasteiger partial charge in [-0.2, -0.15) is 0 Å². The molecule has 290 valence electrons. The number of imidazole rings is 2. The van der Waals surface area contributed by atoms with Crippen molar-refractivity contribution in [3.05, 3.63) is 84.2 Å². The van der Waals surface area contributed by atoms with Crippen LogP contribution in [-0.2, 0) is 30.3 Å². The highest BCUT2D eigenvalue weighted by Crippen LogP contribution is 2.36. The average Bonchev–Trinajstić information content (AvgIpc) is 4.01. The number of H-pyrrole nitrogens is 2. The average molecular weight is 752 g/mol. The fourth-order valence-electron chi connectivity index (χ4n) is 7.40. The van der Waals surface area contributed by atoms with Gasteiger partial charge >= 0.3 is 12.2 Å². The first kappa shape index (κ1) is 37.8. The lowest BCUT2D eigenvalue weighted by atomic mass is 9.97. The van der Waals surface area contributed by atoms with Crippen LogP contribution in [0.1, 0.15) is 75.8 Å². The zero-order chi connectivity index (χ0) is 38.5. The molecule has 55 heavy (non-hydrogen) atoms. The van der Waals surface area contributed by atoms with Crippen LogP contribution in [0.5, 0.6) is 0 Å². The van der Waals surface area contributed by atoms with Gasteiger partial charge < -0.3 is 39.1 Å². The molecule has 3 aliphatic heterocycles. The van der Waals surface area contributed by atoms with Crippen molar-refractivity contribution >= 4 is 18.1 Å². The minimum Gasteiger partial charge on any atom is -0.453 e. The van der Waals surface area contributed by atoms with Crippen LogP contribution in [0.15, 0.2) is 67.0 Å². The maximum Gasteiger partial charge on any atom is 0.410 e. The topological polar surface area (TPSA) is 164 Å². The van der Waals surface area contributed by atoms with Crippen LogP contribution in [0.3, 0.4) is 0 Å². The summed E-state index contributed by atoms with van der Waals surface area (Å²) in [4.78, 5) is 58.6. The summed E-state index contributed by atoms with van der Waals surface area (Å²) in [5, 5.41) is 2.63. The van der Waals surface area contributed by atoms with Gasteiger partial charge in [0.05, 0.1) is 69.4 Å². The van der Waals surface area contributed by atoms with E-state index in [2.05, 4.69) is 62.7 Å². The van der Waals surface area contributed by atoms with Gasteiger partial charge in [0.1, 0.15) is 23.3 Å². The molecule has 3 aliphatic rings. The van der Waals surface area contributed by atoms with Crippen molar-refractivity contribution in [3.8, 4) is 33.6 Å². The lowest BCUT2D eigenvalue weighted by molar-refractivity contribution is -0.135. The molecule has 0 aliphatic carbocycles. The van der Waals surface area contributed by atoms with Gasteiger partial charge in [-0.05, 0) is 74.8 Å². The zero-order valence-corrected chi connectivity index (χ0v) is 31.8. The minimum absolute atomic E-state index is 0.00106. The van der Waals surface area contributed by atoms with Crippen LogP contribution in [0.2, 0.25) is 0 Å². The highest BCUT2D eigenvalue weighted by atomic mass is 16.6. The van der Waals surface area contributed by atoms with Crippen LogP contribution >= 0.6 is 0 Å². The number of fused-ring (bicyclic) bond motifs is 6. The van der Waals surface area contributed by atoms with Crippen molar-refractivity contribution in [2.24, 2.45) is 0 Å². The fraction of sp³-hybridized carbons (Fsp3) is 0.439. The number of rotatable bonds is 4. The molecule has 3 N–H and O–H groups in total. The molecule has 14 nitrogen and oxygen atoms in total. The first-order chi connectivity index (χ1) is 26.6. The zero-order valence-electron chi connectivity index (χ0n) is 31.8. The number of hydrogen-bond donors (Lipinski definition) is 3. The van der Waals surface area contributed by atoms with Crippen molar-refractivity contribution in [3.63, 3.8) is 0 Å². The Labute approximate surface area is 320 Å². The van der Waals surface area contributed by atoms with E-state index in [-0.39, 0.29) is 37.3 Å². The molecule has 2 bridgehead atoms. The van der Waals surface area contributed by atoms with Crippen LogP contribution < -0.4 is 5.32 Å². The third kappa shape index (κ3) is 8.76. The lowest BCUT2D eigenvalue weighted by Gasteiger charge is -2.28. The third-order valence-electron chi connectivity index (χ3n) is 10.1. The summed E-state index contributed by atoms with van der Waals surface area (Å²) in [7, 11) is 1.26. The molecule has 7 rings (SSSR count). The van der Waals surface area contributed by atoms with E-state index in [1.807, 2.05) is 39.1 Å². The second kappa shape index (κ2) is 16.5. The Hall–Kier alpha value is -5.47. The first-order valence-electron chi connectivity index (χ1n) is 18.9. The summed E-state index contributed by atoms with van der Waals surface area (Å²) >= 11 is 0. The number of aromatic nitrogens is 4. The van der Waals surface area contributed by atoms with Gasteiger partial charge in [-0.15, -0.1) is 0 Å². The van der Waals surface area contributed by atoms with Crippen LogP contribution in [0, 0.1) is 0 Å². The Kier molecular flexibility index (Phi) is 11.3. The SMILES string of the molecule is COC(=O)N[C@H]1COCC=CCOCc2cc(-c3ccc(-c4cnc([C@@H]5CCCN5C(=O)OC(C)(C)C)[nH]4)cc3)ccc2-c2cnc([nH]2)[C@@H]2CCCN2C1=O. The molecule has 2 aromatic heterocycles. The van der Waals surface area contributed by atoms with Crippen molar-refractivity contribution in [2.75, 3.05) is 40.0 Å². The number of aromatic amines is 2. The molecule has 0 saturated carbocycles. The predicted octanol–water partition coefficient (Wildman–Crippen LogP) is 6.70. The highest BCUT2D eigenvalue weighted by molar-refractivity contribution is 5.86. The fourth-order valence-corrected chi connectivity index (χ4v) is 7.40. The molecule has 5 heterocycles. The molecule has 0 radical (unpaired) electrons. The smallest absolute Gasteiger partial charge is 0.410 e. The van der Waals surface area contributed by atoms with Gasteiger partial charge in [-0.3, -0.25) is 9.69 Å². The van der Waals surface area contributed by atoms with E-state index in [9.17, 15) is 14.4 Å². The minimum atomic E-state index is -0.901. The van der Waals surface area contributed by atoms with Crippen molar-refractivity contribution < 1.29 is 33.3 Å². The second-order valence-corrected chi connectivity index (χ2v) is 15.0. The molecule has 2 aromatic carbocycles. The van der Waals surface area contributed by atoms with E-state index in [4.69, 9.17) is 23.9 Å². The lowest BCUT2D eigenvalue weighted by Crippen LogP contribution is -2.50. The Morgan fingerprint density at radius 1 is 0.855 bits per heavy atom. The number of alkyl carbamates (subject to hydrolysis) is 1. The van der Waals surface area contributed by atoms with E-state index in [0.717, 1.165) is 70.7 Å². The number of methoxy groups -OCH3 is 1. The Morgan fingerprint density at radius 3 is 2.27 bits per heavy atom. The molecular weight excluding hydrogens is 702 g/mol. The van der Waals surface area contributed by atoms with Gasteiger partial charge in [-0.1, -0.05) is 48.6 Å². The summed E-state index contributed by atoms with van der Waals surface area (Å²) in [6.07, 6.45) is 9.59. The number of likely N-dealkylation sites (tertiary alicyclic amines) is 1. The standard InChI is InChI=1S/C41H49N7O7/c1-41(2,3)55-40(51)48-18-8-10-35(48)37-42-22-31(44-37)27-13-11-26(12-14-27)28-15-16-30-29(21-28)24-53-19-5-6-20-54-25-33(46-39(50)52-4)38(49)47-17-7-9-34(47)36-43-23-32(30)45-36/h5-6,11-16,21-23,33-35H,7-10,17-20,24-25H2,1-4H3,(H,42,44)(H,43,45)(H,46,50)/t33-,34-,35-/m0/s1. The number of ether oxygens (including phenoxy) is 4. The third-order valence-corrected chi connectivity index (χ3v) is 10.1. The number of nitrogens with zero attached hydrogens (tertiary/aromatic N) is 4. The summed E-state index contributed by atoms with van der Waals surface area (Å²) in [6, 6.07) is 13.3. The van der Waals surface area contributed by atoms with Crippen molar-refractivity contribution in [2.45, 2.75) is 76.8 Å². The summed E-state index contributed by atoms with van der Waals surface area (Å²) in [5.74, 6) is 1.19. The van der Waals surface area contributed by atoms with Gasteiger partial charge in [0.25, 0.3) is 0 Å². The summed E-state index contributed by atoms with van der Waals surface area (Å²) < 4.78 is 22.3. The number of carbonyl (C=O) groups excluding carboxylic acids is 3. The van der Waals surface area contributed by atoms with Crippen LogP contribution in [0.4, 0.5) is 9.59 Å². The Balaban J connectivity index is 1.11. The van der Waals surface area contributed by atoms with Crippen molar-refractivity contribution in [1.29, 1.82) is 0 Å². The second-order valence-electron chi connectivity index (χ2n) is 15.0. The van der Waals surface area contributed by atoms with E-state index < -0.39 is 17.7 Å². The summed E-state index contributed by atoms with van der Waals surface area (Å²) in [5.41, 5.74) is 6.14. The number of amides is 3. The maximum absolute atomic E-state index is 13.7. The number of hydrogen-bond acceptors (Lipinski definition) is 9. The predicted molar refractivity (Wildman–Crippen MR) is 205 cm³/mol. The molecule has 3 amide bonds. The normalized spacial score (nSPS) is 20.8. The molecule has 3 atom stereocenters. The first-order valence-corrected chi connectivity index (χ1v) is 18.9. The molecule has 4 aromatic rings. The molecule has 0 unspecified atom stereocenters. The molecule has 0 spiro atoms. The summed E-state index contributed by atoms with van der Waals surface area (Å²) in [6.45, 7) is 7.78. The molecule has 2 saturated heterocycles. The monoisotopic (exact) mass is 751 g/mol.